The van der Waals surface area contributed by atoms with Gasteiger partial charge in [-0.25, -0.2) is 4.98 Å². The van der Waals surface area contributed by atoms with E-state index in [1.165, 1.54) is 5.56 Å². The summed E-state index contributed by atoms with van der Waals surface area (Å²) in [6.45, 7) is 1.78. The van der Waals surface area contributed by atoms with Crippen LogP contribution < -0.4 is 10.1 Å². The summed E-state index contributed by atoms with van der Waals surface area (Å²) in [6.07, 6.45) is 2.00. The molecular formula is C18H23Cl2N3O. The SMILES string of the molecule is COc1ccccc1CNCCCc1nc2ccccc2[nH]1.Cl.Cl. The maximum absolute atomic E-state index is 5.35. The third-order valence-corrected chi connectivity index (χ3v) is 3.71. The number of nitrogens with one attached hydrogen (secondary N) is 2. The minimum atomic E-state index is 0. The molecule has 3 rings (SSSR count). The van der Waals surface area contributed by atoms with Gasteiger partial charge in [0.1, 0.15) is 11.6 Å². The number of halogens is 2. The Morgan fingerprint density at radius 3 is 2.58 bits per heavy atom. The highest BCUT2D eigenvalue weighted by atomic mass is 35.5. The summed E-state index contributed by atoms with van der Waals surface area (Å²) in [5.41, 5.74) is 3.34. The van der Waals surface area contributed by atoms with Crippen molar-refractivity contribution in [2.24, 2.45) is 0 Å². The zero-order valence-corrected chi connectivity index (χ0v) is 15.3. The van der Waals surface area contributed by atoms with Crippen LogP contribution in [0.15, 0.2) is 48.5 Å². The second-order valence-corrected chi connectivity index (χ2v) is 5.29. The van der Waals surface area contributed by atoms with Crippen molar-refractivity contribution in [1.29, 1.82) is 0 Å². The molecule has 0 fully saturated rings. The van der Waals surface area contributed by atoms with E-state index in [1.807, 2.05) is 36.4 Å². The summed E-state index contributed by atoms with van der Waals surface area (Å²) in [4.78, 5) is 7.96. The monoisotopic (exact) mass is 367 g/mol. The highest BCUT2D eigenvalue weighted by Gasteiger charge is 2.03. The van der Waals surface area contributed by atoms with E-state index in [1.54, 1.807) is 7.11 Å². The molecule has 0 saturated carbocycles. The molecule has 0 amide bonds. The third-order valence-electron chi connectivity index (χ3n) is 3.71. The van der Waals surface area contributed by atoms with Crippen LogP contribution in [0.4, 0.5) is 0 Å². The van der Waals surface area contributed by atoms with Crippen molar-refractivity contribution < 1.29 is 4.74 Å². The van der Waals surface area contributed by atoms with Gasteiger partial charge in [0.05, 0.1) is 18.1 Å². The van der Waals surface area contributed by atoms with Gasteiger partial charge in [0.2, 0.25) is 0 Å². The first-order valence-corrected chi connectivity index (χ1v) is 7.63. The van der Waals surface area contributed by atoms with E-state index in [2.05, 4.69) is 27.4 Å². The molecule has 0 spiro atoms. The minimum Gasteiger partial charge on any atom is -0.496 e. The lowest BCUT2D eigenvalue weighted by molar-refractivity contribution is 0.407. The molecule has 2 aromatic carbocycles. The van der Waals surface area contributed by atoms with E-state index < -0.39 is 0 Å². The number of imidazole rings is 1. The lowest BCUT2D eigenvalue weighted by Gasteiger charge is -2.09. The van der Waals surface area contributed by atoms with Crippen LogP contribution in [-0.2, 0) is 13.0 Å². The van der Waals surface area contributed by atoms with Gasteiger partial charge >= 0.3 is 0 Å². The Balaban J connectivity index is 0.00000144. The molecule has 2 N–H and O–H groups in total. The number of hydrogen-bond acceptors (Lipinski definition) is 3. The Morgan fingerprint density at radius 2 is 1.79 bits per heavy atom. The Bertz CT molecular complexity index is 713. The van der Waals surface area contributed by atoms with Crippen LogP contribution in [0.3, 0.4) is 0 Å². The van der Waals surface area contributed by atoms with Crippen molar-refractivity contribution >= 4 is 35.8 Å². The zero-order valence-electron chi connectivity index (χ0n) is 13.6. The van der Waals surface area contributed by atoms with Gasteiger partial charge in [0.15, 0.2) is 0 Å². The molecular weight excluding hydrogens is 345 g/mol. The predicted octanol–water partition coefficient (Wildman–Crippen LogP) is 4.14. The summed E-state index contributed by atoms with van der Waals surface area (Å²) in [7, 11) is 1.71. The molecule has 0 aliphatic rings. The summed E-state index contributed by atoms with van der Waals surface area (Å²) in [6, 6.07) is 16.2. The molecule has 0 atom stereocenters. The van der Waals surface area contributed by atoms with E-state index in [0.717, 1.165) is 48.5 Å². The number of para-hydroxylation sites is 3. The first kappa shape index (κ1) is 20.3. The largest absolute Gasteiger partial charge is 0.496 e. The number of aryl methyl sites for hydroxylation is 1. The van der Waals surface area contributed by atoms with Crippen LogP contribution in [0.5, 0.6) is 5.75 Å². The van der Waals surface area contributed by atoms with E-state index >= 15 is 0 Å². The standard InChI is InChI=1S/C18H21N3O.2ClH/c1-22-17-10-5-2-7-14(17)13-19-12-6-11-18-20-15-8-3-4-9-16(15)21-18;;/h2-5,7-10,19H,6,11-13H2,1H3,(H,20,21);2*1H. The molecule has 0 aliphatic heterocycles. The lowest BCUT2D eigenvalue weighted by atomic mass is 10.2. The molecule has 1 heterocycles. The van der Waals surface area contributed by atoms with Crippen LogP contribution in [0.1, 0.15) is 17.8 Å². The maximum Gasteiger partial charge on any atom is 0.123 e. The van der Waals surface area contributed by atoms with Gasteiger partial charge in [-0.05, 0) is 31.2 Å². The van der Waals surface area contributed by atoms with Gasteiger partial charge in [0.25, 0.3) is 0 Å². The first-order valence-electron chi connectivity index (χ1n) is 7.63. The number of aromatic amines is 1. The summed E-state index contributed by atoms with van der Waals surface area (Å²) in [5.74, 6) is 1.99. The lowest BCUT2D eigenvalue weighted by Crippen LogP contribution is -2.16. The van der Waals surface area contributed by atoms with Crippen LogP contribution >= 0.6 is 24.8 Å². The van der Waals surface area contributed by atoms with E-state index in [4.69, 9.17) is 4.74 Å². The second kappa shape index (κ2) is 10.2. The van der Waals surface area contributed by atoms with Crippen molar-refractivity contribution in [3.05, 3.63) is 59.9 Å². The number of methoxy groups -OCH3 is 1. The quantitative estimate of drug-likeness (QED) is 0.617. The number of ether oxygens (including phenoxy) is 1. The van der Waals surface area contributed by atoms with E-state index in [-0.39, 0.29) is 24.8 Å². The van der Waals surface area contributed by atoms with Gasteiger partial charge in [-0.15, -0.1) is 24.8 Å². The number of nitrogens with zero attached hydrogens (tertiary/aromatic N) is 1. The summed E-state index contributed by atoms with van der Waals surface area (Å²) < 4.78 is 5.35. The Hall–Kier alpha value is -1.75. The summed E-state index contributed by atoms with van der Waals surface area (Å²) in [5, 5.41) is 3.46. The van der Waals surface area contributed by atoms with Crippen molar-refractivity contribution in [3.63, 3.8) is 0 Å². The molecule has 1 aromatic heterocycles. The Morgan fingerprint density at radius 1 is 1.04 bits per heavy atom. The van der Waals surface area contributed by atoms with Crippen LogP contribution in [0, 0.1) is 0 Å². The number of H-pyrrole nitrogens is 1. The predicted molar refractivity (Wildman–Crippen MR) is 104 cm³/mol. The maximum atomic E-state index is 5.35. The fraction of sp³-hybridized carbons (Fsp3) is 0.278. The molecule has 6 heteroatoms. The second-order valence-electron chi connectivity index (χ2n) is 5.29. The van der Waals surface area contributed by atoms with Gasteiger partial charge in [0, 0.05) is 18.5 Å². The topological polar surface area (TPSA) is 49.9 Å². The molecule has 24 heavy (non-hydrogen) atoms. The minimum absolute atomic E-state index is 0. The van der Waals surface area contributed by atoms with E-state index in [9.17, 15) is 0 Å². The molecule has 0 saturated heterocycles. The number of rotatable bonds is 7. The highest BCUT2D eigenvalue weighted by Crippen LogP contribution is 2.16. The van der Waals surface area contributed by atoms with Gasteiger partial charge in [-0.3, -0.25) is 0 Å². The average molecular weight is 368 g/mol. The zero-order chi connectivity index (χ0) is 15.2. The molecule has 0 radical (unpaired) electrons. The molecule has 3 aromatic rings. The Kier molecular flexibility index (Phi) is 8.61. The number of hydrogen-bond donors (Lipinski definition) is 2. The first-order chi connectivity index (χ1) is 10.9. The molecule has 0 aliphatic carbocycles. The molecule has 130 valence electrons. The average Bonchev–Trinajstić information content (AvgIpc) is 2.97. The number of aromatic nitrogens is 2. The van der Waals surface area contributed by atoms with Crippen molar-refractivity contribution in [3.8, 4) is 5.75 Å². The molecule has 4 nitrogen and oxygen atoms in total. The van der Waals surface area contributed by atoms with Crippen LogP contribution in [-0.4, -0.2) is 23.6 Å². The van der Waals surface area contributed by atoms with Crippen LogP contribution in [0.2, 0.25) is 0 Å². The van der Waals surface area contributed by atoms with Gasteiger partial charge in [-0.2, -0.15) is 0 Å². The van der Waals surface area contributed by atoms with Crippen molar-refractivity contribution in [1.82, 2.24) is 15.3 Å². The molecule has 0 bridgehead atoms. The fourth-order valence-corrected chi connectivity index (χ4v) is 2.58. The highest BCUT2D eigenvalue weighted by molar-refractivity contribution is 5.85. The molecule has 0 unspecified atom stereocenters. The van der Waals surface area contributed by atoms with Crippen molar-refractivity contribution in [2.75, 3.05) is 13.7 Å². The summed E-state index contributed by atoms with van der Waals surface area (Å²) >= 11 is 0. The fourth-order valence-electron chi connectivity index (χ4n) is 2.58. The van der Waals surface area contributed by atoms with Gasteiger partial charge < -0.3 is 15.0 Å². The van der Waals surface area contributed by atoms with Crippen molar-refractivity contribution in [2.45, 2.75) is 19.4 Å². The van der Waals surface area contributed by atoms with Crippen LogP contribution in [0.25, 0.3) is 11.0 Å². The van der Waals surface area contributed by atoms with Gasteiger partial charge in [-0.1, -0.05) is 30.3 Å². The smallest absolute Gasteiger partial charge is 0.123 e. The van der Waals surface area contributed by atoms with E-state index in [0.29, 0.717) is 0 Å². The number of benzene rings is 2. The third kappa shape index (κ3) is 5.13. The number of fused-ring (bicyclic) bond motifs is 1. The normalized spacial score (nSPS) is 10.0. The Labute approximate surface area is 154 Å².